The summed E-state index contributed by atoms with van der Waals surface area (Å²) in [7, 11) is 0. The van der Waals surface area contributed by atoms with Gasteiger partial charge in [-0.05, 0) is 54.8 Å². The molecule has 5 rings (SSSR count). The number of carbonyl (C=O) groups excluding carboxylic acids is 1. The lowest BCUT2D eigenvalue weighted by atomic mass is 9.97. The van der Waals surface area contributed by atoms with Crippen molar-refractivity contribution in [2.24, 2.45) is 0 Å². The fourth-order valence-corrected chi connectivity index (χ4v) is 4.57. The van der Waals surface area contributed by atoms with Crippen LogP contribution < -0.4 is 5.43 Å². The first-order chi connectivity index (χ1) is 15.4. The van der Waals surface area contributed by atoms with Gasteiger partial charge in [0, 0.05) is 26.2 Å². The van der Waals surface area contributed by atoms with E-state index in [1.54, 1.807) is 17.0 Å². The summed E-state index contributed by atoms with van der Waals surface area (Å²) in [6.45, 7) is 7.91. The van der Waals surface area contributed by atoms with Crippen LogP contribution in [0.15, 0.2) is 45.6 Å². The van der Waals surface area contributed by atoms with Crippen molar-refractivity contribution in [1.29, 1.82) is 0 Å². The van der Waals surface area contributed by atoms with Crippen molar-refractivity contribution in [3.8, 4) is 0 Å². The second-order valence-electron chi connectivity index (χ2n) is 8.51. The van der Waals surface area contributed by atoms with Gasteiger partial charge >= 0.3 is 0 Å². The number of morpholine rings is 1. The van der Waals surface area contributed by atoms with Gasteiger partial charge in [-0.25, -0.2) is 4.39 Å². The zero-order chi connectivity index (χ0) is 22.4. The lowest BCUT2D eigenvalue weighted by Crippen LogP contribution is -2.42. The second-order valence-corrected chi connectivity index (χ2v) is 8.51. The number of rotatable bonds is 4. The third-order valence-electron chi connectivity index (χ3n) is 6.53. The predicted molar refractivity (Wildman–Crippen MR) is 118 cm³/mol. The molecule has 3 heterocycles. The summed E-state index contributed by atoms with van der Waals surface area (Å²) in [6, 6.07) is 8.99. The molecule has 1 atom stereocenters. The Balaban J connectivity index is 1.62. The summed E-state index contributed by atoms with van der Waals surface area (Å²) < 4.78 is 25.1. The van der Waals surface area contributed by atoms with Gasteiger partial charge in [0.15, 0.2) is 5.43 Å². The van der Waals surface area contributed by atoms with Gasteiger partial charge in [0.25, 0.3) is 5.91 Å². The monoisotopic (exact) mass is 436 g/mol. The highest BCUT2D eigenvalue weighted by molar-refractivity contribution is 5.99. The van der Waals surface area contributed by atoms with Crippen molar-refractivity contribution in [3.05, 3.63) is 80.5 Å². The summed E-state index contributed by atoms with van der Waals surface area (Å²) in [4.78, 5) is 30.9. The lowest BCUT2D eigenvalue weighted by molar-refractivity contribution is 0.0314. The highest BCUT2D eigenvalue weighted by atomic mass is 19.1. The number of aryl methyl sites for hydroxylation is 2. The molecule has 0 bridgehead atoms. The molecule has 1 aromatic heterocycles. The largest absolute Gasteiger partial charge is 0.450 e. The van der Waals surface area contributed by atoms with E-state index >= 15 is 0 Å². The molecule has 166 valence electrons. The Bertz CT molecular complexity index is 1250. The minimum atomic E-state index is -0.610. The van der Waals surface area contributed by atoms with E-state index in [0.717, 1.165) is 24.2 Å². The Morgan fingerprint density at radius 1 is 1.00 bits per heavy atom. The number of fused-ring (bicyclic) bond motifs is 2. The van der Waals surface area contributed by atoms with Crippen molar-refractivity contribution < 1.29 is 18.3 Å². The summed E-state index contributed by atoms with van der Waals surface area (Å²) in [5, 5.41) is 0.460. The molecule has 0 spiro atoms. The van der Waals surface area contributed by atoms with Crippen LogP contribution in [0.5, 0.6) is 0 Å². The molecular formula is C25H25FN2O4. The number of benzene rings is 2. The van der Waals surface area contributed by atoms with E-state index in [1.165, 1.54) is 12.1 Å². The van der Waals surface area contributed by atoms with Crippen LogP contribution in [0.4, 0.5) is 4.39 Å². The minimum absolute atomic E-state index is 0.0852. The van der Waals surface area contributed by atoms with Gasteiger partial charge in [-0.1, -0.05) is 12.1 Å². The molecule has 2 aliphatic rings. The molecular weight excluding hydrogens is 411 g/mol. The van der Waals surface area contributed by atoms with E-state index in [0.29, 0.717) is 48.4 Å². The molecule has 2 aromatic carbocycles. The summed E-state index contributed by atoms with van der Waals surface area (Å²) in [6.07, 6.45) is 0. The molecule has 2 aliphatic heterocycles. The van der Waals surface area contributed by atoms with Crippen LogP contribution >= 0.6 is 0 Å². The fraction of sp³-hybridized carbons (Fsp3) is 0.360. The highest BCUT2D eigenvalue weighted by Crippen LogP contribution is 2.38. The maximum Gasteiger partial charge on any atom is 0.290 e. The van der Waals surface area contributed by atoms with Gasteiger partial charge in [-0.2, -0.15) is 0 Å². The molecule has 7 heteroatoms. The smallest absolute Gasteiger partial charge is 0.290 e. The fourth-order valence-electron chi connectivity index (χ4n) is 4.57. The van der Waals surface area contributed by atoms with Crippen LogP contribution in [0.2, 0.25) is 0 Å². The maximum absolute atomic E-state index is 13.6. The zero-order valence-electron chi connectivity index (χ0n) is 18.2. The van der Waals surface area contributed by atoms with Crippen LogP contribution in [0.3, 0.4) is 0 Å². The number of halogens is 1. The first kappa shape index (κ1) is 20.8. The van der Waals surface area contributed by atoms with Crippen molar-refractivity contribution in [2.75, 3.05) is 39.4 Å². The van der Waals surface area contributed by atoms with Crippen LogP contribution in [-0.2, 0) is 4.74 Å². The van der Waals surface area contributed by atoms with Crippen LogP contribution in [0, 0.1) is 19.7 Å². The third-order valence-corrected chi connectivity index (χ3v) is 6.53. The van der Waals surface area contributed by atoms with Crippen molar-refractivity contribution in [2.45, 2.75) is 19.9 Å². The Morgan fingerprint density at radius 2 is 1.69 bits per heavy atom. The van der Waals surface area contributed by atoms with Crippen molar-refractivity contribution >= 4 is 16.9 Å². The molecule has 1 saturated heterocycles. The first-order valence-electron chi connectivity index (χ1n) is 10.9. The molecule has 1 amide bonds. The normalized spacial score (nSPS) is 19.0. The molecule has 1 unspecified atom stereocenters. The molecule has 0 N–H and O–H groups in total. The minimum Gasteiger partial charge on any atom is -0.450 e. The quantitative estimate of drug-likeness (QED) is 0.627. The van der Waals surface area contributed by atoms with Gasteiger partial charge in [-0.15, -0.1) is 0 Å². The molecule has 0 saturated carbocycles. The topological polar surface area (TPSA) is 63.0 Å². The van der Waals surface area contributed by atoms with Gasteiger partial charge in [0.2, 0.25) is 5.76 Å². The van der Waals surface area contributed by atoms with Crippen LogP contribution in [0.1, 0.15) is 38.9 Å². The Morgan fingerprint density at radius 3 is 2.41 bits per heavy atom. The number of nitrogens with zero attached hydrogens (tertiary/aromatic N) is 2. The standard InChI is InChI=1S/C25H25FN2O4/c1-15-13-19-20(14-16(15)2)32-24-21(23(19)29)22(17-3-5-18(26)6-4-17)28(25(24)30)8-7-27-9-11-31-12-10-27/h3-6,13-14,22H,7-12H2,1-2H3. The average molecular weight is 436 g/mol. The van der Waals surface area contributed by atoms with Gasteiger partial charge in [-0.3, -0.25) is 14.5 Å². The SMILES string of the molecule is Cc1cc2oc3c(c(=O)c2cc1C)C(c1ccc(F)cc1)N(CCN1CCOCC1)C3=O. The van der Waals surface area contributed by atoms with Crippen LogP contribution in [-0.4, -0.2) is 55.1 Å². The van der Waals surface area contributed by atoms with E-state index in [-0.39, 0.29) is 22.9 Å². The van der Waals surface area contributed by atoms with Crippen molar-refractivity contribution in [1.82, 2.24) is 9.80 Å². The van der Waals surface area contributed by atoms with Crippen molar-refractivity contribution in [3.63, 3.8) is 0 Å². The summed E-state index contributed by atoms with van der Waals surface area (Å²) in [5.41, 5.74) is 3.20. The summed E-state index contributed by atoms with van der Waals surface area (Å²) in [5.74, 6) is -0.586. The lowest BCUT2D eigenvalue weighted by Gasteiger charge is -2.31. The van der Waals surface area contributed by atoms with E-state index in [9.17, 15) is 14.0 Å². The van der Waals surface area contributed by atoms with E-state index in [1.807, 2.05) is 26.0 Å². The van der Waals surface area contributed by atoms with Gasteiger partial charge in [0.05, 0.1) is 30.2 Å². The predicted octanol–water partition coefficient (Wildman–Crippen LogP) is 3.43. The maximum atomic E-state index is 13.6. The molecule has 3 aromatic rings. The Labute approximate surface area is 185 Å². The Kier molecular flexibility index (Phi) is 5.31. The van der Waals surface area contributed by atoms with E-state index in [2.05, 4.69) is 4.90 Å². The average Bonchev–Trinajstić information content (AvgIpc) is 3.07. The van der Waals surface area contributed by atoms with Crippen LogP contribution in [0.25, 0.3) is 11.0 Å². The molecule has 32 heavy (non-hydrogen) atoms. The molecule has 0 aliphatic carbocycles. The zero-order valence-corrected chi connectivity index (χ0v) is 18.2. The highest BCUT2D eigenvalue weighted by Gasteiger charge is 2.42. The third kappa shape index (κ3) is 3.51. The first-order valence-corrected chi connectivity index (χ1v) is 10.9. The number of hydrogen-bond donors (Lipinski definition) is 0. The Hall–Kier alpha value is -3.03. The van der Waals surface area contributed by atoms with Gasteiger partial charge in [0.1, 0.15) is 11.4 Å². The summed E-state index contributed by atoms with van der Waals surface area (Å²) >= 11 is 0. The number of ether oxygens (including phenoxy) is 1. The van der Waals surface area contributed by atoms with Gasteiger partial charge < -0.3 is 14.1 Å². The second kappa shape index (κ2) is 8.15. The number of amides is 1. The van der Waals surface area contributed by atoms with E-state index in [4.69, 9.17) is 9.15 Å². The molecule has 1 fully saturated rings. The molecule has 6 nitrogen and oxygen atoms in total. The number of carbonyl (C=O) groups is 1. The number of hydrogen-bond acceptors (Lipinski definition) is 5. The molecule has 0 radical (unpaired) electrons. The van der Waals surface area contributed by atoms with E-state index < -0.39 is 6.04 Å².